The monoisotopic (exact) mass is 295 g/mol. The first-order valence-electron chi connectivity index (χ1n) is 8.99. The maximum atomic E-state index is 12.1. The Labute approximate surface area is 130 Å². The van der Waals surface area contributed by atoms with Crippen LogP contribution >= 0.6 is 0 Å². The number of amides is 1. The van der Waals surface area contributed by atoms with E-state index in [9.17, 15) is 4.79 Å². The van der Waals surface area contributed by atoms with Gasteiger partial charge < -0.3 is 15.5 Å². The van der Waals surface area contributed by atoms with Gasteiger partial charge in [-0.05, 0) is 64.6 Å². The number of piperidine rings is 1. The highest BCUT2D eigenvalue weighted by Crippen LogP contribution is 2.26. The summed E-state index contributed by atoms with van der Waals surface area (Å²) in [6, 6.07) is 1.72. The van der Waals surface area contributed by atoms with E-state index >= 15 is 0 Å². The molecule has 2 unspecified atom stereocenters. The van der Waals surface area contributed by atoms with Crippen LogP contribution in [0.5, 0.6) is 0 Å². The van der Waals surface area contributed by atoms with Crippen molar-refractivity contribution in [1.29, 1.82) is 0 Å². The van der Waals surface area contributed by atoms with E-state index in [0.717, 1.165) is 38.9 Å². The van der Waals surface area contributed by atoms with Crippen LogP contribution in [-0.2, 0) is 4.79 Å². The molecular weight excluding hydrogens is 262 g/mol. The molecule has 2 bridgehead atoms. The van der Waals surface area contributed by atoms with Crippen molar-refractivity contribution in [3.8, 4) is 0 Å². The third kappa shape index (κ3) is 5.59. The van der Waals surface area contributed by atoms with Crippen molar-refractivity contribution in [2.24, 2.45) is 0 Å². The highest BCUT2D eigenvalue weighted by molar-refractivity contribution is 5.76. The molecule has 0 aromatic rings. The number of carbonyl (C=O) groups excluding carboxylic acids is 1. The summed E-state index contributed by atoms with van der Waals surface area (Å²) >= 11 is 0. The minimum Gasteiger partial charge on any atom is -0.353 e. The van der Waals surface area contributed by atoms with E-state index in [4.69, 9.17) is 0 Å². The molecule has 1 amide bonds. The fourth-order valence-electron chi connectivity index (χ4n) is 3.91. The van der Waals surface area contributed by atoms with Crippen molar-refractivity contribution in [2.75, 3.05) is 19.6 Å². The van der Waals surface area contributed by atoms with Crippen LogP contribution < -0.4 is 10.6 Å². The highest BCUT2D eigenvalue weighted by atomic mass is 16.1. The topological polar surface area (TPSA) is 44.4 Å². The molecule has 0 radical (unpaired) electrons. The van der Waals surface area contributed by atoms with Crippen molar-refractivity contribution in [2.45, 2.75) is 83.3 Å². The van der Waals surface area contributed by atoms with Crippen molar-refractivity contribution in [3.63, 3.8) is 0 Å². The average molecular weight is 295 g/mol. The van der Waals surface area contributed by atoms with Gasteiger partial charge >= 0.3 is 0 Å². The predicted molar refractivity (Wildman–Crippen MR) is 87.4 cm³/mol. The van der Waals surface area contributed by atoms with E-state index < -0.39 is 0 Å². The molecule has 2 atom stereocenters. The molecule has 0 spiro atoms. The largest absolute Gasteiger partial charge is 0.353 e. The van der Waals surface area contributed by atoms with Gasteiger partial charge in [0.05, 0.1) is 0 Å². The quantitative estimate of drug-likeness (QED) is 0.686. The molecule has 4 nitrogen and oxygen atoms in total. The third-order valence-corrected chi connectivity index (χ3v) is 4.80. The molecule has 2 aliphatic rings. The average Bonchev–Trinajstić information content (AvgIpc) is 2.78. The smallest absolute Gasteiger partial charge is 0.220 e. The number of rotatable bonds is 9. The van der Waals surface area contributed by atoms with E-state index in [2.05, 4.69) is 29.4 Å². The second kappa shape index (κ2) is 8.74. The summed E-state index contributed by atoms with van der Waals surface area (Å²) in [5, 5.41) is 6.88. The minimum atomic E-state index is 0.259. The van der Waals surface area contributed by atoms with Gasteiger partial charge in [0.1, 0.15) is 0 Å². The minimum absolute atomic E-state index is 0.259. The number of nitrogens with one attached hydrogen (secondary N) is 2. The molecule has 0 aliphatic carbocycles. The summed E-state index contributed by atoms with van der Waals surface area (Å²) in [6.45, 7) is 7.83. The van der Waals surface area contributed by atoms with Gasteiger partial charge in [-0.25, -0.2) is 0 Å². The fourth-order valence-corrected chi connectivity index (χ4v) is 3.91. The van der Waals surface area contributed by atoms with E-state index in [1.165, 1.54) is 25.7 Å². The molecule has 2 N–H and O–H groups in total. The summed E-state index contributed by atoms with van der Waals surface area (Å²) < 4.78 is 0. The van der Waals surface area contributed by atoms with Crippen LogP contribution in [0.4, 0.5) is 0 Å². The molecule has 4 heteroatoms. The van der Waals surface area contributed by atoms with Crippen LogP contribution in [0.2, 0.25) is 0 Å². The summed E-state index contributed by atoms with van der Waals surface area (Å²) in [5.74, 6) is 0.259. The zero-order valence-corrected chi connectivity index (χ0v) is 13.9. The van der Waals surface area contributed by atoms with Gasteiger partial charge in [0.25, 0.3) is 0 Å². The first kappa shape index (κ1) is 16.8. The van der Waals surface area contributed by atoms with E-state index in [0.29, 0.717) is 24.5 Å². The van der Waals surface area contributed by atoms with Crippen molar-refractivity contribution in [1.82, 2.24) is 15.5 Å². The first-order chi connectivity index (χ1) is 10.2. The number of hydrogen-bond donors (Lipinski definition) is 2. The lowest BCUT2D eigenvalue weighted by molar-refractivity contribution is -0.122. The molecule has 0 saturated carbocycles. The molecule has 2 fully saturated rings. The number of carbonyl (C=O) groups is 1. The van der Waals surface area contributed by atoms with Crippen molar-refractivity contribution in [3.05, 3.63) is 0 Å². The Morgan fingerprint density at radius 2 is 1.71 bits per heavy atom. The molecule has 122 valence electrons. The molecule has 21 heavy (non-hydrogen) atoms. The number of hydrogen-bond acceptors (Lipinski definition) is 3. The molecule has 0 aromatic heterocycles. The lowest BCUT2D eigenvalue weighted by Gasteiger charge is -2.29. The van der Waals surface area contributed by atoms with Gasteiger partial charge in [-0.3, -0.25) is 4.79 Å². The maximum Gasteiger partial charge on any atom is 0.220 e. The Bertz CT molecular complexity index is 303. The zero-order chi connectivity index (χ0) is 15.1. The van der Waals surface area contributed by atoms with E-state index in [1.54, 1.807) is 0 Å². The second-order valence-corrected chi connectivity index (χ2v) is 6.82. The van der Waals surface area contributed by atoms with Crippen LogP contribution in [0.15, 0.2) is 0 Å². The number of nitrogens with zero attached hydrogens (tertiary/aromatic N) is 1. The van der Waals surface area contributed by atoms with Crippen LogP contribution in [-0.4, -0.2) is 48.6 Å². The molecule has 2 heterocycles. The van der Waals surface area contributed by atoms with Crippen LogP contribution in [0.25, 0.3) is 0 Å². The second-order valence-electron chi connectivity index (χ2n) is 6.82. The maximum absolute atomic E-state index is 12.1. The van der Waals surface area contributed by atoms with Gasteiger partial charge in [0, 0.05) is 24.5 Å². The summed E-state index contributed by atoms with van der Waals surface area (Å²) in [5.41, 5.74) is 0. The third-order valence-electron chi connectivity index (χ3n) is 4.80. The Kier molecular flexibility index (Phi) is 6.97. The SMILES string of the molecule is CCCN(CCC)CCCC(=O)NC1CC2CCC(C1)N2. The van der Waals surface area contributed by atoms with Crippen molar-refractivity contribution >= 4 is 5.91 Å². The zero-order valence-electron chi connectivity index (χ0n) is 13.9. The lowest BCUT2D eigenvalue weighted by Crippen LogP contribution is -2.48. The van der Waals surface area contributed by atoms with E-state index in [1.807, 2.05) is 0 Å². The van der Waals surface area contributed by atoms with E-state index in [-0.39, 0.29) is 5.91 Å². The Morgan fingerprint density at radius 1 is 1.10 bits per heavy atom. The van der Waals surface area contributed by atoms with Gasteiger partial charge in [0.2, 0.25) is 5.91 Å². The number of fused-ring (bicyclic) bond motifs is 2. The molecule has 2 aliphatic heterocycles. The molecule has 0 aromatic carbocycles. The molecular formula is C17H33N3O. The summed E-state index contributed by atoms with van der Waals surface area (Å²) in [7, 11) is 0. The Morgan fingerprint density at radius 3 is 2.29 bits per heavy atom. The highest BCUT2D eigenvalue weighted by Gasteiger charge is 2.33. The van der Waals surface area contributed by atoms with Crippen molar-refractivity contribution < 1.29 is 4.79 Å². The Hall–Kier alpha value is -0.610. The first-order valence-corrected chi connectivity index (χ1v) is 8.99. The fraction of sp³-hybridized carbons (Fsp3) is 0.941. The van der Waals surface area contributed by atoms with Crippen LogP contribution in [0.3, 0.4) is 0 Å². The predicted octanol–water partition coefficient (Wildman–Crippen LogP) is 2.29. The summed E-state index contributed by atoms with van der Waals surface area (Å²) in [4.78, 5) is 14.6. The normalized spacial score (nSPS) is 28.0. The molecule has 2 rings (SSSR count). The lowest BCUT2D eigenvalue weighted by atomic mass is 9.99. The summed E-state index contributed by atoms with van der Waals surface area (Å²) in [6.07, 6.45) is 8.90. The Balaban J connectivity index is 1.61. The van der Waals surface area contributed by atoms with Gasteiger partial charge in [-0.15, -0.1) is 0 Å². The van der Waals surface area contributed by atoms with Crippen LogP contribution in [0.1, 0.15) is 65.2 Å². The van der Waals surface area contributed by atoms with Gasteiger partial charge in [0.15, 0.2) is 0 Å². The molecule has 2 saturated heterocycles. The van der Waals surface area contributed by atoms with Gasteiger partial charge in [-0.1, -0.05) is 13.8 Å². The van der Waals surface area contributed by atoms with Crippen LogP contribution in [0, 0.1) is 0 Å². The van der Waals surface area contributed by atoms with Gasteiger partial charge in [-0.2, -0.15) is 0 Å². The standard InChI is InChI=1S/C17H33N3O/c1-3-9-20(10-4-2)11-5-6-17(21)19-16-12-14-7-8-15(13-16)18-14/h14-16,18H,3-13H2,1-2H3,(H,19,21).